The average molecular weight is 293 g/mol. The van der Waals surface area contributed by atoms with Gasteiger partial charge >= 0.3 is 43.2 Å². The Hall–Kier alpha value is -0.320. The van der Waals surface area contributed by atoms with Gasteiger partial charge in [0.05, 0.1) is 6.61 Å². The van der Waals surface area contributed by atoms with Gasteiger partial charge in [0.2, 0.25) is 0 Å². The Morgan fingerprint density at radius 2 is 1.94 bits per heavy atom. The van der Waals surface area contributed by atoms with E-state index in [0.29, 0.717) is 5.82 Å². The number of aryl methyl sites for hydroxylation is 1. The molecule has 1 rings (SSSR count). The molecule has 0 aliphatic carbocycles. The van der Waals surface area contributed by atoms with Gasteiger partial charge in [-0.1, -0.05) is 0 Å². The van der Waals surface area contributed by atoms with Crippen LogP contribution in [-0.4, -0.2) is 70.4 Å². The fourth-order valence-electron chi connectivity index (χ4n) is 0.978. The first kappa shape index (κ1) is 20.0. The van der Waals surface area contributed by atoms with Crippen LogP contribution in [0.25, 0.3) is 0 Å². The molecule has 0 unspecified atom stereocenters. The molecular weight excluding hydrogens is 280 g/mol. The Balaban J connectivity index is 0. The predicted octanol–water partition coefficient (Wildman–Crippen LogP) is -1.49. The summed E-state index contributed by atoms with van der Waals surface area (Å²) < 4.78 is 10.2. The molecule has 18 heavy (non-hydrogen) atoms. The van der Waals surface area contributed by atoms with E-state index in [2.05, 4.69) is 4.98 Å². The van der Waals surface area contributed by atoms with Crippen LogP contribution in [0.2, 0.25) is 0 Å². The van der Waals surface area contributed by atoms with Gasteiger partial charge in [-0.25, -0.2) is 14.1 Å². The van der Waals surface area contributed by atoms with E-state index in [1.807, 2.05) is 0 Å². The van der Waals surface area contributed by atoms with Gasteiger partial charge in [0, 0.05) is 6.92 Å². The van der Waals surface area contributed by atoms with Crippen molar-refractivity contribution in [2.45, 2.75) is 13.5 Å². The summed E-state index contributed by atoms with van der Waals surface area (Å²) in [5, 5.41) is 19.0. The van der Waals surface area contributed by atoms with E-state index in [9.17, 15) is 10.1 Å². The van der Waals surface area contributed by atoms with Crippen molar-refractivity contribution in [2.24, 2.45) is 0 Å². The van der Waals surface area contributed by atoms with Gasteiger partial charge in [-0.05, 0) is 4.92 Å². The molecule has 1 aromatic rings. The van der Waals surface area contributed by atoms with Crippen molar-refractivity contribution in [3.8, 4) is 0 Å². The van der Waals surface area contributed by atoms with Crippen LogP contribution in [0.15, 0.2) is 6.20 Å². The van der Waals surface area contributed by atoms with E-state index >= 15 is 0 Å². The Kier molecular flexibility index (Phi) is 9.70. The fraction of sp³-hybridized carbons (Fsp3) is 0.500. The summed E-state index contributed by atoms with van der Waals surface area (Å²) in [6.07, 6.45) is 1.19. The summed E-state index contributed by atoms with van der Waals surface area (Å²) in [5.74, 6) is 0.456. The van der Waals surface area contributed by atoms with Crippen molar-refractivity contribution in [3.63, 3.8) is 0 Å². The van der Waals surface area contributed by atoms with Gasteiger partial charge in [0.15, 0.2) is 5.82 Å². The standard InChI is InChI=1S/C6H9N3O3.Na.H3O4P.H/c1-5-7-4-6(9(11)12)8(5)2-3-10;;1-5(2,3)4;/h4,10H,2-3H2,1H3;;(H3,1,2,3,4);. The number of phosphoric acid groups is 1. The second kappa shape index (κ2) is 8.73. The third-order valence-corrected chi connectivity index (χ3v) is 1.54. The molecule has 4 N–H and O–H groups in total. The second-order valence-electron chi connectivity index (χ2n) is 2.81. The zero-order chi connectivity index (χ0) is 13.6. The molecule has 0 radical (unpaired) electrons. The van der Waals surface area contributed by atoms with Crippen molar-refractivity contribution in [3.05, 3.63) is 22.1 Å². The van der Waals surface area contributed by atoms with Crippen LogP contribution in [0.1, 0.15) is 5.82 Å². The van der Waals surface area contributed by atoms with Crippen molar-refractivity contribution >= 4 is 43.2 Å². The maximum atomic E-state index is 10.4. The normalized spacial score (nSPS) is 10.1. The Morgan fingerprint density at radius 1 is 1.50 bits per heavy atom. The molecule has 0 fully saturated rings. The number of imidazole rings is 1. The first-order valence-corrected chi connectivity index (χ1v) is 5.79. The van der Waals surface area contributed by atoms with E-state index in [0.717, 1.165) is 0 Å². The molecular formula is C6H13N3NaO7P. The third-order valence-electron chi connectivity index (χ3n) is 1.54. The molecule has 0 saturated carbocycles. The van der Waals surface area contributed by atoms with Gasteiger partial charge in [0.25, 0.3) is 0 Å². The number of aromatic nitrogens is 2. The Morgan fingerprint density at radius 3 is 2.28 bits per heavy atom. The molecule has 0 saturated heterocycles. The van der Waals surface area contributed by atoms with Crippen LogP contribution >= 0.6 is 7.82 Å². The number of aliphatic hydroxyl groups is 1. The van der Waals surface area contributed by atoms with Crippen LogP contribution in [0, 0.1) is 17.0 Å². The van der Waals surface area contributed by atoms with Crippen molar-refractivity contribution in [1.82, 2.24) is 9.55 Å². The molecule has 1 aromatic heterocycles. The minimum atomic E-state index is -4.64. The number of nitrogens with zero attached hydrogens (tertiary/aromatic N) is 3. The van der Waals surface area contributed by atoms with Gasteiger partial charge in [-0.3, -0.25) is 0 Å². The van der Waals surface area contributed by atoms with Gasteiger partial charge in [-0.2, -0.15) is 0 Å². The number of aliphatic hydroxyl groups excluding tert-OH is 1. The van der Waals surface area contributed by atoms with Gasteiger partial charge in [-0.15, -0.1) is 0 Å². The SMILES string of the molecule is Cc1ncc([N+](=O)[O-])n1CCO.O=P(O)(O)O.[NaH]. The van der Waals surface area contributed by atoms with E-state index in [1.165, 1.54) is 10.8 Å². The molecule has 0 atom stereocenters. The fourth-order valence-corrected chi connectivity index (χ4v) is 0.978. The first-order chi connectivity index (χ1) is 7.66. The molecule has 0 spiro atoms. The summed E-state index contributed by atoms with van der Waals surface area (Å²) in [6.45, 7) is 1.74. The molecule has 0 bridgehead atoms. The summed E-state index contributed by atoms with van der Waals surface area (Å²) in [5.41, 5.74) is 0. The molecule has 0 aliphatic heterocycles. The Bertz CT molecular complexity index is 423. The van der Waals surface area contributed by atoms with E-state index < -0.39 is 12.7 Å². The summed E-state index contributed by atoms with van der Waals surface area (Å²) >= 11 is 0. The molecule has 0 aliphatic rings. The molecule has 1 heterocycles. The van der Waals surface area contributed by atoms with E-state index in [4.69, 9.17) is 24.4 Å². The average Bonchev–Trinajstić information content (AvgIpc) is 2.46. The topological polar surface area (TPSA) is 159 Å². The zero-order valence-corrected chi connectivity index (χ0v) is 9.69. The Labute approximate surface area is 124 Å². The third kappa shape index (κ3) is 8.72. The summed E-state index contributed by atoms with van der Waals surface area (Å²) in [6, 6.07) is 0. The van der Waals surface area contributed by atoms with Crippen molar-refractivity contribution in [2.75, 3.05) is 6.61 Å². The van der Waals surface area contributed by atoms with Crippen LogP contribution < -0.4 is 0 Å². The van der Waals surface area contributed by atoms with E-state index in [-0.39, 0.29) is 48.5 Å². The maximum absolute atomic E-state index is 10.4. The van der Waals surface area contributed by atoms with Crippen LogP contribution in [0.3, 0.4) is 0 Å². The molecule has 10 nitrogen and oxygen atoms in total. The number of nitro groups is 1. The monoisotopic (exact) mass is 293 g/mol. The molecule has 0 aromatic carbocycles. The van der Waals surface area contributed by atoms with Crippen molar-refractivity contribution in [1.29, 1.82) is 0 Å². The zero-order valence-electron chi connectivity index (χ0n) is 8.79. The van der Waals surface area contributed by atoms with Crippen LogP contribution in [0.5, 0.6) is 0 Å². The van der Waals surface area contributed by atoms with Gasteiger partial charge < -0.3 is 29.9 Å². The summed E-state index contributed by atoms with van der Waals surface area (Å²) in [4.78, 5) is 35.2. The molecule has 100 valence electrons. The van der Waals surface area contributed by atoms with Crippen LogP contribution in [-0.2, 0) is 11.1 Å². The molecule has 12 heteroatoms. The summed E-state index contributed by atoms with van der Waals surface area (Å²) in [7, 11) is -4.64. The van der Waals surface area contributed by atoms with Gasteiger partial charge in [0.1, 0.15) is 12.7 Å². The predicted molar refractivity (Wildman–Crippen MR) is 62.1 cm³/mol. The molecule has 0 amide bonds. The van der Waals surface area contributed by atoms with Crippen LogP contribution in [0.4, 0.5) is 5.82 Å². The van der Waals surface area contributed by atoms with Crippen molar-refractivity contribution < 1.29 is 29.3 Å². The first-order valence-electron chi connectivity index (χ1n) is 4.22. The second-order valence-corrected chi connectivity index (χ2v) is 3.84. The van der Waals surface area contributed by atoms with E-state index in [1.54, 1.807) is 6.92 Å². The number of hydrogen-bond acceptors (Lipinski definition) is 5. The number of rotatable bonds is 3. The quantitative estimate of drug-likeness (QED) is 0.227. The minimum absolute atomic E-state index is 0. The number of hydrogen-bond donors (Lipinski definition) is 4.